The monoisotopic (exact) mass is 446 g/mol. The van der Waals surface area contributed by atoms with Crippen molar-refractivity contribution in [3.63, 3.8) is 0 Å². The van der Waals surface area contributed by atoms with Crippen molar-refractivity contribution in [3.8, 4) is 17.2 Å². The number of carbonyl (C=O) groups excluding carboxylic acids is 2. The first-order chi connectivity index (χ1) is 15.1. The molecule has 0 unspecified atom stereocenters. The third-order valence-corrected chi connectivity index (χ3v) is 4.14. The lowest BCUT2D eigenvalue weighted by Gasteiger charge is -2.17. The van der Waals surface area contributed by atoms with E-state index in [1.54, 1.807) is 0 Å². The van der Waals surface area contributed by atoms with Crippen LogP contribution in [0.25, 0.3) is 0 Å². The molecule has 1 heterocycles. The van der Waals surface area contributed by atoms with Crippen LogP contribution in [0.5, 0.6) is 17.2 Å². The molecule has 32 heavy (non-hydrogen) atoms. The number of nitrogens with two attached hydrogens (primary N) is 1. The van der Waals surface area contributed by atoms with Crippen LogP contribution in [0.2, 0.25) is 0 Å². The fraction of sp³-hybridized carbons (Fsp3) is 0.143. The van der Waals surface area contributed by atoms with Gasteiger partial charge in [0.05, 0.1) is 11.3 Å². The Bertz CT molecular complexity index is 1110. The lowest BCUT2D eigenvalue weighted by atomic mass is 10.2. The van der Waals surface area contributed by atoms with Crippen molar-refractivity contribution >= 4 is 17.5 Å². The summed E-state index contributed by atoms with van der Waals surface area (Å²) in [5, 5.41) is 2.60. The molecule has 166 valence electrons. The highest BCUT2D eigenvalue weighted by molar-refractivity contribution is 6.03. The minimum Gasteiger partial charge on any atom is -0.479 e. The summed E-state index contributed by atoms with van der Waals surface area (Å²) in [5.41, 5.74) is 4.72. The number of amides is 2. The molecule has 0 bridgehead atoms. The number of carbonyl (C=O) groups is 2. The number of primary amides is 1. The Morgan fingerprint density at radius 3 is 2.34 bits per heavy atom. The van der Waals surface area contributed by atoms with Crippen LogP contribution in [-0.2, 0) is 11.0 Å². The van der Waals surface area contributed by atoms with Gasteiger partial charge >= 0.3 is 6.18 Å². The second-order valence-electron chi connectivity index (χ2n) is 6.49. The van der Waals surface area contributed by atoms with Gasteiger partial charge in [0, 0.05) is 12.3 Å². The van der Waals surface area contributed by atoms with E-state index in [-0.39, 0.29) is 28.6 Å². The summed E-state index contributed by atoms with van der Waals surface area (Å²) in [5.74, 6) is -0.906. The molecule has 2 aromatic carbocycles. The SMILES string of the molecule is C[C@H](Oc1cc(Oc2ccc(C(F)(F)F)cc2)ccc1NC(=O)c1ccncn1)C(N)=O. The molecule has 1 aromatic heterocycles. The molecule has 11 heteroatoms. The Hall–Kier alpha value is -4.15. The second kappa shape index (κ2) is 9.33. The maximum absolute atomic E-state index is 12.7. The van der Waals surface area contributed by atoms with Crippen molar-refractivity contribution in [1.29, 1.82) is 0 Å². The summed E-state index contributed by atoms with van der Waals surface area (Å²) in [4.78, 5) is 31.4. The van der Waals surface area contributed by atoms with Crippen molar-refractivity contribution in [3.05, 3.63) is 72.3 Å². The van der Waals surface area contributed by atoms with Crippen LogP contribution < -0.4 is 20.5 Å². The highest BCUT2D eigenvalue weighted by Gasteiger charge is 2.30. The third-order valence-electron chi connectivity index (χ3n) is 4.14. The molecule has 0 aliphatic heterocycles. The van der Waals surface area contributed by atoms with Crippen LogP contribution in [0, 0.1) is 0 Å². The first-order valence-corrected chi connectivity index (χ1v) is 9.16. The van der Waals surface area contributed by atoms with E-state index in [4.69, 9.17) is 15.2 Å². The minimum atomic E-state index is -4.46. The van der Waals surface area contributed by atoms with E-state index in [1.165, 1.54) is 55.8 Å². The van der Waals surface area contributed by atoms with Gasteiger partial charge in [0.2, 0.25) is 0 Å². The Morgan fingerprint density at radius 1 is 1.06 bits per heavy atom. The van der Waals surface area contributed by atoms with Gasteiger partial charge in [0.1, 0.15) is 29.3 Å². The van der Waals surface area contributed by atoms with Gasteiger partial charge in [-0.05, 0) is 49.4 Å². The van der Waals surface area contributed by atoms with Crippen molar-refractivity contribution in [2.24, 2.45) is 5.73 Å². The maximum Gasteiger partial charge on any atom is 0.416 e. The van der Waals surface area contributed by atoms with Crippen LogP contribution in [0.1, 0.15) is 23.0 Å². The summed E-state index contributed by atoms with van der Waals surface area (Å²) in [6.45, 7) is 1.42. The van der Waals surface area contributed by atoms with Crippen LogP contribution in [-0.4, -0.2) is 27.9 Å². The third kappa shape index (κ3) is 5.72. The van der Waals surface area contributed by atoms with Gasteiger partial charge in [-0.25, -0.2) is 9.97 Å². The van der Waals surface area contributed by atoms with Crippen molar-refractivity contribution in [2.75, 3.05) is 5.32 Å². The molecule has 0 aliphatic rings. The Kier molecular flexibility index (Phi) is 6.57. The van der Waals surface area contributed by atoms with E-state index in [1.807, 2.05) is 0 Å². The largest absolute Gasteiger partial charge is 0.479 e. The highest BCUT2D eigenvalue weighted by atomic mass is 19.4. The molecule has 0 aliphatic carbocycles. The average Bonchev–Trinajstić information content (AvgIpc) is 2.75. The minimum absolute atomic E-state index is 0.0584. The number of anilines is 1. The lowest BCUT2D eigenvalue weighted by molar-refractivity contribution is -0.137. The first-order valence-electron chi connectivity index (χ1n) is 9.16. The average molecular weight is 446 g/mol. The van der Waals surface area contributed by atoms with Gasteiger partial charge in [-0.3, -0.25) is 9.59 Å². The fourth-order valence-electron chi connectivity index (χ4n) is 2.47. The highest BCUT2D eigenvalue weighted by Crippen LogP contribution is 2.34. The van der Waals surface area contributed by atoms with E-state index in [0.717, 1.165) is 12.1 Å². The van der Waals surface area contributed by atoms with Crippen molar-refractivity contribution < 1.29 is 32.2 Å². The van der Waals surface area contributed by atoms with Gasteiger partial charge in [-0.2, -0.15) is 13.2 Å². The lowest BCUT2D eigenvalue weighted by Crippen LogP contribution is -2.31. The predicted molar refractivity (Wildman–Crippen MR) is 107 cm³/mol. The van der Waals surface area contributed by atoms with E-state index in [2.05, 4.69) is 15.3 Å². The zero-order chi connectivity index (χ0) is 23.3. The molecule has 3 rings (SSSR count). The Labute approximate surface area is 180 Å². The standard InChI is InChI=1S/C21H17F3N4O4/c1-12(19(25)29)31-18-10-15(32-14-4-2-13(3-5-14)21(22,23)24)6-7-16(18)28-20(30)17-8-9-26-11-27-17/h2-12H,1H3,(H2,25,29)(H,28,30)/t12-/m0/s1. The van der Waals surface area contributed by atoms with Crippen LogP contribution >= 0.6 is 0 Å². The number of hydrogen-bond donors (Lipinski definition) is 2. The molecule has 0 saturated carbocycles. The summed E-state index contributed by atoms with van der Waals surface area (Å²) in [6, 6.07) is 9.80. The van der Waals surface area contributed by atoms with Gasteiger partial charge in [0.15, 0.2) is 6.10 Å². The van der Waals surface area contributed by atoms with Crippen LogP contribution in [0.3, 0.4) is 0 Å². The summed E-state index contributed by atoms with van der Waals surface area (Å²) < 4.78 is 49.3. The zero-order valence-electron chi connectivity index (χ0n) is 16.6. The number of benzene rings is 2. The molecule has 0 fully saturated rings. The van der Waals surface area contributed by atoms with Gasteiger partial charge in [0.25, 0.3) is 11.8 Å². The number of ether oxygens (including phenoxy) is 2. The summed E-state index contributed by atoms with van der Waals surface area (Å²) >= 11 is 0. The van der Waals surface area contributed by atoms with E-state index in [0.29, 0.717) is 0 Å². The normalized spacial score (nSPS) is 12.0. The van der Waals surface area contributed by atoms with Gasteiger partial charge in [-0.1, -0.05) is 0 Å². The molecule has 0 radical (unpaired) electrons. The molecule has 3 N–H and O–H groups in total. The number of alkyl halides is 3. The van der Waals surface area contributed by atoms with Gasteiger partial charge in [-0.15, -0.1) is 0 Å². The number of nitrogens with one attached hydrogen (secondary N) is 1. The molecule has 8 nitrogen and oxygen atoms in total. The number of nitrogens with zero attached hydrogens (tertiary/aromatic N) is 2. The molecular weight excluding hydrogens is 429 g/mol. The zero-order valence-corrected chi connectivity index (χ0v) is 16.6. The molecule has 0 saturated heterocycles. The first kappa shape index (κ1) is 22.5. The quantitative estimate of drug-likeness (QED) is 0.570. The smallest absolute Gasteiger partial charge is 0.416 e. The number of aromatic nitrogens is 2. The summed E-state index contributed by atoms with van der Waals surface area (Å²) in [6.07, 6.45) is -2.89. The number of hydrogen-bond acceptors (Lipinski definition) is 6. The van der Waals surface area contributed by atoms with E-state index in [9.17, 15) is 22.8 Å². The molecule has 3 aromatic rings. The number of rotatable bonds is 7. The van der Waals surface area contributed by atoms with Crippen LogP contribution in [0.4, 0.5) is 18.9 Å². The number of halogens is 3. The molecule has 0 spiro atoms. The van der Waals surface area contributed by atoms with Crippen molar-refractivity contribution in [1.82, 2.24) is 9.97 Å². The molecule has 1 atom stereocenters. The summed E-state index contributed by atoms with van der Waals surface area (Å²) in [7, 11) is 0. The van der Waals surface area contributed by atoms with Crippen LogP contribution in [0.15, 0.2) is 61.1 Å². The van der Waals surface area contributed by atoms with Crippen molar-refractivity contribution in [2.45, 2.75) is 19.2 Å². The molecular formula is C21H17F3N4O4. The van der Waals surface area contributed by atoms with Gasteiger partial charge < -0.3 is 20.5 Å². The Morgan fingerprint density at radius 2 is 1.75 bits per heavy atom. The topological polar surface area (TPSA) is 116 Å². The Balaban J connectivity index is 1.85. The maximum atomic E-state index is 12.7. The second-order valence-corrected chi connectivity index (χ2v) is 6.49. The molecule has 2 amide bonds. The predicted octanol–water partition coefficient (Wildman–Crippen LogP) is 3.79. The fourth-order valence-corrected chi connectivity index (χ4v) is 2.47. The van der Waals surface area contributed by atoms with E-state index >= 15 is 0 Å². The van der Waals surface area contributed by atoms with E-state index < -0.39 is 29.7 Å².